The van der Waals surface area contributed by atoms with Crippen molar-refractivity contribution < 1.29 is 24.5 Å². The Morgan fingerprint density at radius 3 is 0.816 bits per heavy atom. The smallest absolute Gasteiger partial charge is 0.305 e. The molecule has 0 aromatic carbocycles. The van der Waals surface area contributed by atoms with E-state index in [1.54, 1.807) is 6.08 Å². The van der Waals surface area contributed by atoms with Crippen molar-refractivity contribution >= 4 is 11.9 Å². The highest BCUT2D eigenvalue weighted by Crippen LogP contribution is 2.20. The van der Waals surface area contributed by atoms with Crippen molar-refractivity contribution in [2.75, 3.05) is 13.2 Å². The van der Waals surface area contributed by atoms with Gasteiger partial charge in [0.25, 0.3) is 0 Å². The summed E-state index contributed by atoms with van der Waals surface area (Å²) in [5, 5.41) is 23.3. The number of hydrogen-bond acceptors (Lipinski definition) is 5. The molecule has 2 unspecified atom stereocenters. The Kier molecular flexibility index (Phi) is 75.3. The third kappa shape index (κ3) is 73.3. The first kappa shape index (κ1) is 85.3. The molecule has 0 spiro atoms. The van der Waals surface area contributed by atoms with E-state index in [2.05, 4.69) is 31.3 Å². The van der Waals surface area contributed by atoms with Crippen LogP contribution in [0.3, 0.4) is 0 Å². The maximum atomic E-state index is 12.5. The molecule has 0 bridgehead atoms. The Morgan fingerprint density at radius 1 is 0.310 bits per heavy atom. The normalized spacial score (nSPS) is 12.6. The van der Waals surface area contributed by atoms with Gasteiger partial charge in [-0.2, -0.15) is 0 Å². The molecule has 0 aromatic rings. The predicted octanol–water partition coefficient (Wildman–Crippen LogP) is 26.4. The summed E-state index contributed by atoms with van der Waals surface area (Å²) in [6.07, 6.45) is 98.8. The van der Waals surface area contributed by atoms with Crippen molar-refractivity contribution in [3.8, 4) is 0 Å². The lowest BCUT2D eigenvalue weighted by Crippen LogP contribution is -2.45. The molecule has 0 heterocycles. The highest BCUT2D eigenvalue weighted by Gasteiger charge is 2.18. The fraction of sp³-hybridized carbons (Fsp3) is 0.926. The van der Waals surface area contributed by atoms with Crippen LogP contribution in [0.1, 0.15) is 457 Å². The van der Waals surface area contributed by atoms with E-state index in [9.17, 15) is 19.8 Å². The van der Waals surface area contributed by atoms with E-state index < -0.39 is 12.1 Å². The second-order valence-electron chi connectivity index (χ2n) is 27.8. The minimum atomic E-state index is -0.842. The van der Waals surface area contributed by atoms with Gasteiger partial charge in [-0.3, -0.25) is 9.59 Å². The molecule has 0 fully saturated rings. The summed E-state index contributed by atoms with van der Waals surface area (Å²) in [6.45, 7) is 4.95. The molecule has 0 aliphatic heterocycles. The van der Waals surface area contributed by atoms with Gasteiger partial charge in [0, 0.05) is 12.8 Å². The molecule has 87 heavy (non-hydrogen) atoms. The number of hydrogen-bond donors (Lipinski definition) is 3. The lowest BCUT2D eigenvalue weighted by atomic mass is 10.0. The first-order valence-corrected chi connectivity index (χ1v) is 40.1. The molecular weight excluding hydrogens is 1070 g/mol. The molecule has 0 saturated carbocycles. The number of esters is 1. The van der Waals surface area contributed by atoms with Crippen molar-refractivity contribution in [1.82, 2.24) is 5.32 Å². The largest absolute Gasteiger partial charge is 0.466 e. The van der Waals surface area contributed by atoms with Crippen molar-refractivity contribution in [3.63, 3.8) is 0 Å². The first-order chi connectivity index (χ1) is 43.0. The summed E-state index contributed by atoms with van der Waals surface area (Å²) in [5.74, 6) is -0.0374. The molecule has 6 nitrogen and oxygen atoms in total. The highest BCUT2D eigenvalue weighted by molar-refractivity contribution is 5.76. The van der Waals surface area contributed by atoms with Crippen LogP contribution >= 0.6 is 0 Å². The summed E-state index contributed by atoms with van der Waals surface area (Å²) in [6, 6.07) is -0.625. The Hall–Kier alpha value is -1.66. The minimum absolute atomic E-state index is 0.0216. The monoisotopic (exact) mass is 1220 g/mol. The van der Waals surface area contributed by atoms with Crippen molar-refractivity contribution in [2.45, 2.75) is 469 Å². The number of aliphatic hydroxyl groups is 2. The van der Waals surface area contributed by atoms with Crippen LogP contribution in [-0.4, -0.2) is 47.4 Å². The third-order valence-electron chi connectivity index (χ3n) is 19.0. The highest BCUT2D eigenvalue weighted by atomic mass is 16.5. The molecule has 0 aliphatic carbocycles. The molecule has 0 rings (SSSR count). The van der Waals surface area contributed by atoms with Crippen LogP contribution in [0, 0.1) is 0 Å². The lowest BCUT2D eigenvalue weighted by Gasteiger charge is -2.20. The molecule has 1 amide bonds. The Labute approximate surface area is 545 Å². The average molecular weight is 1230 g/mol. The Balaban J connectivity index is 3.33. The van der Waals surface area contributed by atoms with Crippen LogP contribution in [0.25, 0.3) is 0 Å². The van der Waals surface area contributed by atoms with Gasteiger partial charge in [0.1, 0.15) is 0 Å². The number of amides is 1. The molecule has 516 valence electrons. The van der Waals surface area contributed by atoms with Crippen LogP contribution < -0.4 is 5.32 Å². The second kappa shape index (κ2) is 76.8. The van der Waals surface area contributed by atoms with Gasteiger partial charge >= 0.3 is 5.97 Å². The molecule has 6 heteroatoms. The minimum Gasteiger partial charge on any atom is -0.466 e. The van der Waals surface area contributed by atoms with E-state index in [0.29, 0.717) is 19.4 Å². The zero-order valence-corrected chi connectivity index (χ0v) is 59.3. The van der Waals surface area contributed by atoms with Gasteiger partial charge < -0.3 is 20.3 Å². The number of allylic oxidation sites excluding steroid dienone is 3. The van der Waals surface area contributed by atoms with Crippen LogP contribution in [0.2, 0.25) is 0 Å². The third-order valence-corrected chi connectivity index (χ3v) is 19.0. The van der Waals surface area contributed by atoms with E-state index in [0.717, 1.165) is 38.5 Å². The van der Waals surface area contributed by atoms with Gasteiger partial charge in [-0.15, -0.1) is 0 Å². The van der Waals surface area contributed by atoms with E-state index in [1.807, 2.05) is 6.08 Å². The standard InChI is InChI=1S/C81H157NO5/c1-3-5-7-9-11-13-15-17-19-21-37-41-45-49-53-57-61-65-69-73-79(84)78(77-83)82-80(85)74-70-66-62-58-54-50-46-42-39-35-33-31-29-27-25-23-24-26-28-30-32-34-36-40-44-48-52-56-60-64-68-72-76-87-81(86)75-71-67-63-59-55-51-47-43-38-22-20-18-16-14-12-10-8-6-4-2/h18,20,69,73,78-79,83-84H,3-17,19,21-68,70-72,74-77H2,1-2H3,(H,82,85)/b20-18-,73-69+. The number of carbonyl (C=O) groups is 2. The average Bonchev–Trinajstić information content (AvgIpc) is 3.54. The van der Waals surface area contributed by atoms with Crippen molar-refractivity contribution in [2.24, 2.45) is 0 Å². The molecule has 0 aliphatic rings. The van der Waals surface area contributed by atoms with Gasteiger partial charge in [-0.05, 0) is 57.8 Å². The van der Waals surface area contributed by atoms with Crippen LogP contribution in [-0.2, 0) is 14.3 Å². The van der Waals surface area contributed by atoms with Crippen molar-refractivity contribution in [1.29, 1.82) is 0 Å². The quantitative estimate of drug-likeness (QED) is 0.0320. The van der Waals surface area contributed by atoms with E-state index in [1.165, 1.54) is 392 Å². The van der Waals surface area contributed by atoms with Crippen LogP contribution in [0.5, 0.6) is 0 Å². The molecular formula is C81H157NO5. The van der Waals surface area contributed by atoms with Crippen molar-refractivity contribution in [3.05, 3.63) is 24.3 Å². The van der Waals surface area contributed by atoms with Crippen LogP contribution in [0.15, 0.2) is 24.3 Å². The van der Waals surface area contributed by atoms with Gasteiger partial charge in [0.05, 0.1) is 25.4 Å². The van der Waals surface area contributed by atoms with E-state index in [4.69, 9.17) is 4.74 Å². The Bertz CT molecular complexity index is 1360. The molecule has 0 aromatic heterocycles. The second-order valence-corrected chi connectivity index (χ2v) is 27.8. The number of rotatable bonds is 76. The number of carbonyl (C=O) groups excluding carboxylic acids is 2. The maximum Gasteiger partial charge on any atom is 0.305 e. The zero-order chi connectivity index (χ0) is 62.8. The first-order valence-electron chi connectivity index (χ1n) is 40.1. The fourth-order valence-corrected chi connectivity index (χ4v) is 12.9. The van der Waals surface area contributed by atoms with Crippen LogP contribution in [0.4, 0.5) is 0 Å². The molecule has 0 saturated heterocycles. The predicted molar refractivity (Wildman–Crippen MR) is 384 cm³/mol. The number of aliphatic hydroxyl groups excluding tert-OH is 2. The summed E-state index contributed by atoms with van der Waals surface area (Å²) >= 11 is 0. The van der Waals surface area contributed by atoms with Gasteiger partial charge in [0.15, 0.2) is 0 Å². The van der Waals surface area contributed by atoms with E-state index in [-0.39, 0.29) is 18.5 Å². The molecule has 2 atom stereocenters. The Morgan fingerprint density at radius 2 is 0.540 bits per heavy atom. The molecule has 0 radical (unpaired) electrons. The van der Waals surface area contributed by atoms with Gasteiger partial charge in [-0.1, -0.05) is 411 Å². The maximum absolute atomic E-state index is 12.5. The topological polar surface area (TPSA) is 95.9 Å². The van der Waals surface area contributed by atoms with Gasteiger partial charge in [-0.25, -0.2) is 0 Å². The number of nitrogens with one attached hydrogen (secondary N) is 1. The summed E-state index contributed by atoms with van der Waals surface area (Å²) in [4.78, 5) is 24.7. The SMILES string of the molecule is CCCCCCCC/C=C\CCCCCCCCCCCC(=O)OCCCCCCCCCCCCCCCCCCCCCCCCCCCCCCCCCCC(=O)NC(CO)C(O)/C=C/CCCCCCCCCCCCCCCCCCC. The summed E-state index contributed by atoms with van der Waals surface area (Å²) < 4.78 is 5.52. The van der Waals surface area contributed by atoms with E-state index >= 15 is 0 Å². The number of ether oxygens (including phenoxy) is 1. The number of unbranched alkanes of at least 4 members (excludes halogenated alkanes) is 63. The van der Waals surface area contributed by atoms with Gasteiger partial charge in [0.2, 0.25) is 5.91 Å². The summed E-state index contributed by atoms with van der Waals surface area (Å²) in [5.41, 5.74) is 0. The zero-order valence-electron chi connectivity index (χ0n) is 59.3. The summed E-state index contributed by atoms with van der Waals surface area (Å²) in [7, 11) is 0. The molecule has 3 N–H and O–H groups in total. The lowest BCUT2D eigenvalue weighted by molar-refractivity contribution is -0.143. The fourth-order valence-electron chi connectivity index (χ4n) is 12.9.